The predicted octanol–water partition coefficient (Wildman–Crippen LogP) is 2.06. The average Bonchev–Trinajstić information content (AvgIpc) is 3.42. The third-order valence-electron chi connectivity index (χ3n) is 5.04. The van der Waals surface area contributed by atoms with E-state index in [0.29, 0.717) is 33.8 Å². The zero-order valence-electron chi connectivity index (χ0n) is 16.3. The van der Waals surface area contributed by atoms with E-state index in [4.69, 9.17) is 4.84 Å². The smallest absolute Gasteiger partial charge is 0.221 e. The molecule has 0 saturated carbocycles. The summed E-state index contributed by atoms with van der Waals surface area (Å²) in [7, 11) is 0. The van der Waals surface area contributed by atoms with Gasteiger partial charge < -0.3 is 10.2 Å². The summed E-state index contributed by atoms with van der Waals surface area (Å²) in [4.78, 5) is 18.6. The lowest BCUT2D eigenvalue weighted by atomic mass is 10.1. The van der Waals surface area contributed by atoms with Gasteiger partial charge in [0.15, 0.2) is 5.65 Å². The van der Waals surface area contributed by atoms with Crippen LogP contribution in [0.25, 0.3) is 22.2 Å². The number of pyridine rings is 1. The molecule has 1 aliphatic heterocycles. The van der Waals surface area contributed by atoms with Gasteiger partial charge in [0.25, 0.3) is 0 Å². The van der Waals surface area contributed by atoms with Gasteiger partial charge >= 0.3 is 0 Å². The van der Waals surface area contributed by atoms with Gasteiger partial charge in [-0.15, -0.1) is 5.10 Å². The fourth-order valence-corrected chi connectivity index (χ4v) is 3.38. The molecule has 1 fully saturated rings. The molecule has 9 nitrogen and oxygen atoms in total. The summed E-state index contributed by atoms with van der Waals surface area (Å²) in [5.41, 5.74) is 3.07. The summed E-state index contributed by atoms with van der Waals surface area (Å²) in [6, 6.07) is 6.90. The number of halogens is 1. The summed E-state index contributed by atoms with van der Waals surface area (Å²) >= 11 is 0. The summed E-state index contributed by atoms with van der Waals surface area (Å²) in [6.07, 6.45) is 4.21. The first-order valence-corrected chi connectivity index (χ1v) is 9.68. The van der Waals surface area contributed by atoms with Crippen molar-refractivity contribution in [3.05, 3.63) is 53.7 Å². The van der Waals surface area contributed by atoms with Gasteiger partial charge in [0.1, 0.15) is 23.3 Å². The topological polar surface area (TPSA) is 103 Å². The van der Waals surface area contributed by atoms with E-state index in [-0.39, 0.29) is 18.5 Å². The molecule has 1 atom stereocenters. The molecule has 10 heteroatoms. The SMILES string of the molecule is C/C(=N/O[C@H]1CCNC1)c1cnc2nnn(Cc3cc4cccnc4cc3F)c2n1. The Bertz CT molecular complexity index is 1250. The van der Waals surface area contributed by atoms with Crippen molar-refractivity contribution in [2.24, 2.45) is 5.16 Å². The van der Waals surface area contributed by atoms with Crippen LogP contribution in [0.3, 0.4) is 0 Å². The third-order valence-corrected chi connectivity index (χ3v) is 5.04. The molecular weight excluding hydrogens is 387 g/mol. The second-order valence-electron chi connectivity index (χ2n) is 7.19. The number of hydrogen-bond donors (Lipinski definition) is 1. The Balaban J connectivity index is 1.44. The molecule has 1 N–H and O–H groups in total. The van der Waals surface area contributed by atoms with Gasteiger partial charge in [0, 0.05) is 36.2 Å². The van der Waals surface area contributed by atoms with Gasteiger partial charge in [-0.1, -0.05) is 16.4 Å². The van der Waals surface area contributed by atoms with Crippen molar-refractivity contribution >= 4 is 27.9 Å². The van der Waals surface area contributed by atoms with Crippen LogP contribution in [0.5, 0.6) is 0 Å². The zero-order valence-corrected chi connectivity index (χ0v) is 16.3. The second-order valence-corrected chi connectivity index (χ2v) is 7.19. The molecular formula is C20H19FN8O. The van der Waals surface area contributed by atoms with Crippen LogP contribution in [0.4, 0.5) is 4.39 Å². The summed E-state index contributed by atoms with van der Waals surface area (Å²) in [5.74, 6) is -0.356. The maximum absolute atomic E-state index is 14.6. The van der Waals surface area contributed by atoms with Crippen LogP contribution in [0.2, 0.25) is 0 Å². The van der Waals surface area contributed by atoms with E-state index < -0.39 is 0 Å². The molecule has 1 aliphatic rings. The van der Waals surface area contributed by atoms with E-state index in [9.17, 15) is 4.39 Å². The number of benzene rings is 1. The largest absolute Gasteiger partial charge is 0.391 e. The summed E-state index contributed by atoms with van der Waals surface area (Å²) in [5, 5.41) is 16.4. The minimum atomic E-state index is -0.356. The predicted molar refractivity (Wildman–Crippen MR) is 108 cm³/mol. The van der Waals surface area contributed by atoms with Gasteiger partial charge in [-0.05, 0) is 25.6 Å². The number of oxime groups is 1. The molecule has 30 heavy (non-hydrogen) atoms. The van der Waals surface area contributed by atoms with E-state index >= 15 is 0 Å². The lowest BCUT2D eigenvalue weighted by molar-refractivity contribution is 0.0735. The molecule has 0 unspecified atom stereocenters. The molecule has 1 saturated heterocycles. The van der Waals surface area contributed by atoms with Gasteiger partial charge in [-0.2, -0.15) is 0 Å². The van der Waals surface area contributed by atoms with Crippen molar-refractivity contribution in [3.63, 3.8) is 0 Å². The summed E-state index contributed by atoms with van der Waals surface area (Å²) < 4.78 is 16.1. The van der Waals surface area contributed by atoms with Crippen LogP contribution >= 0.6 is 0 Å². The first-order chi connectivity index (χ1) is 14.7. The van der Waals surface area contributed by atoms with Crippen molar-refractivity contribution in [1.29, 1.82) is 0 Å². The van der Waals surface area contributed by atoms with Crippen LogP contribution in [-0.2, 0) is 11.4 Å². The highest BCUT2D eigenvalue weighted by Crippen LogP contribution is 2.19. The molecule has 0 radical (unpaired) electrons. The highest BCUT2D eigenvalue weighted by Gasteiger charge is 2.17. The second kappa shape index (κ2) is 7.71. The van der Waals surface area contributed by atoms with Crippen LogP contribution in [0, 0.1) is 5.82 Å². The average molecular weight is 406 g/mol. The Morgan fingerprint density at radius 2 is 2.30 bits per heavy atom. The highest BCUT2D eigenvalue weighted by atomic mass is 19.1. The molecule has 152 valence electrons. The number of rotatable bonds is 5. The van der Waals surface area contributed by atoms with Gasteiger partial charge in [0.05, 0.1) is 18.3 Å². The van der Waals surface area contributed by atoms with E-state index in [0.717, 1.165) is 24.9 Å². The van der Waals surface area contributed by atoms with Gasteiger partial charge in [-0.3, -0.25) is 4.98 Å². The Kier molecular flexibility index (Phi) is 4.75. The maximum atomic E-state index is 14.6. The van der Waals surface area contributed by atoms with E-state index in [2.05, 4.69) is 35.7 Å². The number of aromatic nitrogens is 6. The Hall–Kier alpha value is -3.53. The van der Waals surface area contributed by atoms with Crippen molar-refractivity contribution < 1.29 is 9.23 Å². The Morgan fingerprint density at radius 1 is 1.37 bits per heavy atom. The summed E-state index contributed by atoms with van der Waals surface area (Å²) in [6.45, 7) is 3.69. The third kappa shape index (κ3) is 3.57. The van der Waals surface area contributed by atoms with Gasteiger partial charge in [-0.25, -0.2) is 19.0 Å². The Morgan fingerprint density at radius 3 is 3.17 bits per heavy atom. The van der Waals surface area contributed by atoms with Crippen molar-refractivity contribution in [1.82, 2.24) is 35.3 Å². The molecule has 0 spiro atoms. The minimum Gasteiger partial charge on any atom is -0.391 e. The number of fused-ring (bicyclic) bond motifs is 2. The monoisotopic (exact) mass is 406 g/mol. The fraction of sp³-hybridized carbons (Fsp3) is 0.300. The normalized spacial score (nSPS) is 17.1. The van der Waals surface area contributed by atoms with Crippen molar-refractivity contribution in [2.45, 2.75) is 26.0 Å². The maximum Gasteiger partial charge on any atom is 0.221 e. The van der Waals surface area contributed by atoms with Crippen LogP contribution in [-0.4, -0.2) is 54.9 Å². The first-order valence-electron chi connectivity index (χ1n) is 9.68. The molecule has 5 rings (SSSR count). The fourth-order valence-electron chi connectivity index (χ4n) is 3.38. The van der Waals surface area contributed by atoms with E-state index in [1.165, 1.54) is 10.7 Å². The molecule has 4 heterocycles. The highest BCUT2D eigenvalue weighted by molar-refractivity contribution is 5.97. The molecule has 4 aromatic rings. The van der Waals surface area contributed by atoms with Crippen LogP contribution in [0.1, 0.15) is 24.6 Å². The standard InChI is InChI=1S/C20H19FN8O/c1-12(27-30-15-4-6-22-9-15)18-10-24-19-20(25-18)29(28-26-19)11-14-7-13-3-2-5-23-17(13)8-16(14)21/h2-3,5,7-8,10,15,22H,4,6,9,11H2,1H3/b27-12-/t15-/m0/s1. The van der Waals surface area contributed by atoms with Crippen LogP contribution in [0.15, 0.2) is 41.8 Å². The van der Waals surface area contributed by atoms with Crippen LogP contribution < -0.4 is 5.32 Å². The number of hydrogen-bond acceptors (Lipinski definition) is 8. The number of nitrogens with one attached hydrogen (secondary N) is 1. The number of nitrogens with zero attached hydrogens (tertiary/aromatic N) is 7. The zero-order chi connectivity index (χ0) is 20.5. The van der Waals surface area contributed by atoms with E-state index in [1.807, 2.05) is 19.1 Å². The quantitative estimate of drug-likeness (QED) is 0.400. The van der Waals surface area contributed by atoms with Crippen molar-refractivity contribution in [2.75, 3.05) is 13.1 Å². The Labute approximate surface area is 171 Å². The molecule has 1 aromatic carbocycles. The van der Waals surface area contributed by atoms with Crippen molar-refractivity contribution in [3.8, 4) is 0 Å². The van der Waals surface area contributed by atoms with E-state index in [1.54, 1.807) is 18.5 Å². The lowest BCUT2D eigenvalue weighted by Crippen LogP contribution is -2.15. The van der Waals surface area contributed by atoms with Gasteiger partial charge in [0.2, 0.25) is 5.65 Å². The lowest BCUT2D eigenvalue weighted by Gasteiger charge is -2.08. The molecule has 0 bridgehead atoms. The minimum absolute atomic E-state index is 0.0641. The molecule has 0 aliphatic carbocycles. The molecule has 0 amide bonds. The molecule has 3 aromatic heterocycles. The first kappa shape index (κ1) is 18.5.